The molecule has 1 aliphatic rings. The maximum absolute atomic E-state index is 12.6. The Morgan fingerprint density at radius 2 is 2.31 bits per heavy atom. The third-order valence-corrected chi connectivity index (χ3v) is 7.52. The smallest absolute Gasteiger partial charge is 0.259 e. The number of anilines is 1. The molecule has 0 unspecified atom stereocenters. The lowest BCUT2D eigenvalue weighted by Gasteiger charge is -2.17. The average Bonchev–Trinajstić information content (AvgIpc) is 3.21. The summed E-state index contributed by atoms with van der Waals surface area (Å²) in [7, 11) is 0. The molecule has 0 amide bonds. The number of thioether (sulfide) groups is 1. The van der Waals surface area contributed by atoms with Crippen molar-refractivity contribution in [2.24, 2.45) is 5.92 Å². The third-order valence-electron chi connectivity index (χ3n) is 4.35. The van der Waals surface area contributed by atoms with E-state index in [1.807, 2.05) is 0 Å². The van der Waals surface area contributed by atoms with Gasteiger partial charge in [0.1, 0.15) is 10.7 Å². The van der Waals surface area contributed by atoms with Crippen LogP contribution in [0.25, 0.3) is 10.2 Å². The van der Waals surface area contributed by atoms with Crippen LogP contribution in [-0.4, -0.2) is 26.7 Å². The zero-order chi connectivity index (χ0) is 18.1. The van der Waals surface area contributed by atoms with Crippen LogP contribution >= 0.6 is 34.4 Å². The largest absolute Gasteiger partial charge is 0.357 e. The molecule has 0 saturated carbocycles. The first-order chi connectivity index (χ1) is 12.6. The van der Waals surface area contributed by atoms with Gasteiger partial charge < -0.3 is 10.3 Å². The second-order valence-electron chi connectivity index (χ2n) is 6.38. The van der Waals surface area contributed by atoms with E-state index in [9.17, 15) is 4.79 Å². The summed E-state index contributed by atoms with van der Waals surface area (Å²) >= 11 is 4.70. The van der Waals surface area contributed by atoms with Gasteiger partial charge in [-0.2, -0.15) is 0 Å². The zero-order valence-corrected chi connectivity index (χ0v) is 16.8. The fourth-order valence-corrected chi connectivity index (χ4v) is 6.12. The van der Waals surface area contributed by atoms with Crippen molar-refractivity contribution in [2.75, 3.05) is 11.9 Å². The summed E-state index contributed by atoms with van der Waals surface area (Å²) in [5.74, 6) is 1.95. The molecule has 0 fully saturated rings. The molecule has 3 aromatic rings. The number of aromatic nitrogens is 4. The molecule has 6 nitrogen and oxygen atoms in total. The Morgan fingerprint density at radius 1 is 1.42 bits per heavy atom. The van der Waals surface area contributed by atoms with E-state index in [-0.39, 0.29) is 5.56 Å². The lowest BCUT2D eigenvalue weighted by atomic mass is 9.89. The van der Waals surface area contributed by atoms with E-state index < -0.39 is 0 Å². The molecule has 9 heteroatoms. The van der Waals surface area contributed by atoms with Crippen LogP contribution in [0, 0.1) is 5.92 Å². The molecule has 0 aromatic carbocycles. The van der Waals surface area contributed by atoms with Gasteiger partial charge in [0.05, 0.1) is 11.1 Å². The van der Waals surface area contributed by atoms with Gasteiger partial charge in [-0.15, -0.1) is 28.1 Å². The number of aromatic amines is 1. The summed E-state index contributed by atoms with van der Waals surface area (Å²) in [6.45, 7) is 6.60. The fourth-order valence-electron chi connectivity index (χ4n) is 3.09. The van der Waals surface area contributed by atoms with Gasteiger partial charge in [-0.3, -0.25) is 4.79 Å². The molecule has 2 N–H and O–H groups in total. The quantitative estimate of drug-likeness (QED) is 0.479. The van der Waals surface area contributed by atoms with Gasteiger partial charge in [0, 0.05) is 11.4 Å². The van der Waals surface area contributed by atoms with Crippen molar-refractivity contribution in [3.63, 3.8) is 0 Å². The van der Waals surface area contributed by atoms with Crippen LogP contribution in [0.1, 0.15) is 29.6 Å². The number of fused-ring (bicyclic) bond motifs is 3. The number of aryl methyl sites for hydroxylation is 1. The minimum Gasteiger partial charge on any atom is -0.357 e. The molecule has 3 heterocycles. The summed E-state index contributed by atoms with van der Waals surface area (Å²) < 4.78 is 0.846. The van der Waals surface area contributed by atoms with Crippen LogP contribution in [0.15, 0.2) is 21.8 Å². The Kier molecular flexibility index (Phi) is 5.10. The topological polar surface area (TPSA) is 83.6 Å². The molecule has 26 heavy (non-hydrogen) atoms. The maximum atomic E-state index is 12.6. The van der Waals surface area contributed by atoms with E-state index >= 15 is 0 Å². The average molecular weight is 406 g/mol. The van der Waals surface area contributed by atoms with Crippen LogP contribution in [0.4, 0.5) is 5.13 Å². The van der Waals surface area contributed by atoms with Crippen LogP contribution < -0.4 is 10.9 Å². The molecular weight excluding hydrogens is 386 g/mol. The highest BCUT2D eigenvalue weighted by Crippen LogP contribution is 2.36. The van der Waals surface area contributed by atoms with E-state index in [0.717, 1.165) is 39.0 Å². The highest BCUT2D eigenvalue weighted by molar-refractivity contribution is 8.00. The van der Waals surface area contributed by atoms with Gasteiger partial charge in [0.2, 0.25) is 5.13 Å². The molecule has 0 aliphatic heterocycles. The Balaban J connectivity index is 1.53. The lowest BCUT2D eigenvalue weighted by molar-refractivity contribution is 0.509. The van der Waals surface area contributed by atoms with E-state index in [4.69, 9.17) is 4.98 Å². The number of thiophene rings is 1. The first kappa shape index (κ1) is 17.7. The number of hydrogen-bond acceptors (Lipinski definition) is 8. The zero-order valence-electron chi connectivity index (χ0n) is 14.4. The van der Waals surface area contributed by atoms with E-state index in [1.165, 1.54) is 33.5 Å². The molecule has 136 valence electrons. The van der Waals surface area contributed by atoms with Crippen LogP contribution in [-0.2, 0) is 18.6 Å². The monoisotopic (exact) mass is 405 g/mol. The van der Waals surface area contributed by atoms with Crippen molar-refractivity contribution in [1.82, 2.24) is 20.2 Å². The number of nitrogens with zero attached hydrogens (tertiary/aromatic N) is 3. The lowest BCUT2D eigenvalue weighted by Crippen LogP contribution is -2.14. The highest BCUT2D eigenvalue weighted by atomic mass is 32.2. The van der Waals surface area contributed by atoms with Crippen molar-refractivity contribution in [1.29, 1.82) is 0 Å². The van der Waals surface area contributed by atoms with Crippen molar-refractivity contribution in [2.45, 2.75) is 36.3 Å². The Bertz CT molecular complexity index is 1010. The highest BCUT2D eigenvalue weighted by Gasteiger charge is 2.23. The Labute approximate surface area is 163 Å². The van der Waals surface area contributed by atoms with Gasteiger partial charge in [0.25, 0.3) is 5.56 Å². The third kappa shape index (κ3) is 3.56. The molecule has 3 aromatic heterocycles. The van der Waals surface area contributed by atoms with Gasteiger partial charge in [-0.1, -0.05) is 36.1 Å². The SMILES string of the molecule is C=CCNc1nnc(SCc2nc3sc4c(c3c(=O)[nH]2)CC[C@@H](C)C4)s1. The molecule has 0 saturated heterocycles. The number of H-pyrrole nitrogens is 1. The van der Waals surface area contributed by atoms with Crippen molar-refractivity contribution in [3.8, 4) is 0 Å². The summed E-state index contributed by atoms with van der Waals surface area (Å²) in [6.07, 6.45) is 4.97. The Morgan fingerprint density at radius 3 is 3.15 bits per heavy atom. The van der Waals surface area contributed by atoms with E-state index in [0.29, 0.717) is 24.0 Å². The van der Waals surface area contributed by atoms with Crippen LogP contribution in [0.2, 0.25) is 0 Å². The first-order valence-corrected chi connectivity index (χ1v) is 11.1. The molecule has 0 spiro atoms. The maximum Gasteiger partial charge on any atom is 0.259 e. The second kappa shape index (κ2) is 7.50. The standard InChI is InChI=1S/C17H19N5OS3/c1-3-6-18-16-21-22-17(26-16)24-8-12-19-14(23)13-10-5-4-9(2)7-11(10)25-15(13)20-12/h3,9H,1,4-8H2,2H3,(H,18,21)(H,19,20,23)/t9-/m1/s1. The number of nitrogens with one attached hydrogen (secondary N) is 2. The van der Waals surface area contributed by atoms with Crippen LogP contribution in [0.5, 0.6) is 0 Å². The second-order valence-corrected chi connectivity index (χ2v) is 9.66. The van der Waals surface area contributed by atoms with E-state index in [2.05, 4.69) is 34.0 Å². The summed E-state index contributed by atoms with van der Waals surface area (Å²) in [5.41, 5.74) is 1.21. The summed E-state index contributed by atoms with van der Waals surface area (Å²) in [5, 5.41) is 12.9. The van der Waals surface area contributed by atoms with Gasteiger partial charge in [0.15, 0.2) is 4.34 Å². The fraction of sp³-hybridized carbons (Fsp3) is 0.412. The molecule has 1 atom stereocenters. The summed E-state index contributed by atoms with van der Waals surface area (Å²) in [4.78, 5) is 22.5. The number of rotatable bonds is 6. The molecule has 1 aliphatic carbocycles. The Hall–Kier alpha value is -1.71. The van der Waals surface area contributed by atoms with Gasteiger partial charge in [-0.25, -0.2) is 4.98 Å². The molecule has 4 rings (SSSR count). The minimum atomic E-state index is -0.0109. The molecule has 0 bridgehead atoms. The van der Waals surface area contributed by atoms with Crippen molar-refractivity contribution >= 4 is 49.8 Å². The summed E-state index contributed by atoms with van der Waals surface area (Å²) in [6, 6.07) is 0. The number of hydrogen-bond donors (Lipinski definition) is 2. The normalized spacial score (nSPS) is 16.6. The van der Waals surface area contributed by atoms with Crippen molar-refractivity contribution < 1.29 is 0 Å². The first-order valence-electron chi connectivity index (χ1n) is 8.48. The van der Waals surface area contributed by atoms with Crippen molar-refractivity contribution in [3.05, 3.63) is 39.3 Å². The predicted molar refractivity (Wildman–Crippen MR) is 110 cm³/mol. The molecule has 0 radical (unpaired) electrons. The van der Waals surface area contributed by atoms with E-state index in [1.54, 1.807) is 17.4 Å². The predicted octanol–water partition coefficient (Wildman–Crippen LogP) is 3.85. The van der Waals surface area contributed by atoms with Gasteiger partial charge in [-0.05, 0) is 30.7 Å². The molecular formula is C17H19N5OS3. The van der Waals surface area contributed by atoms with Gasteiger partial charge >= 0.3 is 0 Å². The minimum absolute atomic E-state index is 0.0109. The van der Waals surface area contributed by atoms with Crippen LogP contribution in [0.3, 0.4) is 0 Å².